The maximum Gasteiger partial charge on any atom is 0.305 e. The smallest absolute Gasteiger partial charge is 0.305 e. The number of nitrogens with one attached hydrogen (secondary N) is 2. The molecule has 22 heavy (non-hydrogen) atoms. The number of aryl methyl sites for hydroxylation is 1. The third-order valence-electron chi connectivity index (χ3n) is 3.17. The molecule has 3 aromatic rings. The number of nitrogens with zero attached hydrogens (tertiary/aromatic N) is 3. The molecule has 10 heteroatoms. The monoisotopic (exact) mass is 339 g/mol. The Labute approximate surface area is 129 Å². The fourth-order valence-electron chi connectivity index (χ4n) is 2.13. The summed E-state index contributed by atoms with van der Waals surface area (Å²) in [7, 11) is -1.99. The fraction of sp³-hybridized carbons (Fsp3) is 0.250. The molecule has 0 fully saturated rings. The summed E-state index contributed by atoms with van der Waals surface area (Å²) < 4.78 is 29.7. The molecule has 1 aromatic carbocycles. The van der Waals surface area contributed by atoms with Crippen molar-refractivity contribution in [3.63, 3.8) is 0 Å². The number of sulfonamides is 1. The average molecular weight is 339 g/mol. The Bertz CT molecular complexity index is 986. The van der Waals surface area contributed by atoms with Crippen LogP contribution in [0.2, 0.25) is 0 Å². The quantitative estimate of drug-likeness (QED) is 0.729. The zero-order valence-corrected chi connectivity index (χ0v) is 13.4. The van der Waals surface area contributed by atoms with Gasteiger partial charge in [-0.1, -0.05) is 11.3 Å². The lowest BCUT2D eigenvalue weighted by Gasteiger charge is -2.13. The first-order chi connectivity index (χ1) is 10.4. The molecule has 8 nitrogen and oxygen atoms in total. The summed E-state index contributed by atoms with van der Waals surface area (Å²) in [4.78, 5) is 13.8. The van der Waals surface area contributed by atoms with Gasteiger partial charge < -0.3 is 9.55 Å². The molecule has 2 heterocycles. The minimum atomic E-state index is -3.72. The van der Waals surface area contributed by atoms with Crippen LogP contribution in [0.1, 0.15) is 18.8 Å². The SMILES string of the molecule is C[C@H](NS(=O)(=O)c1ccc2[nH]c(=O)sc2c1)c1nncn1C. The van der Waals surface area contributed by atoms with Crippen LogP contribution in [0, 0.1) is 0 Å². The lowest BCUT2D eigenvalue weighted by atomic mass is 10.3. The van der Waals surface area contributed by atoms with E-state index in [9.17, 15) is 13.2 Å². The van der Waals surface area contributed by atoms with Crippen molar-refractivity contribution in [1.29, 1.82) is 0 Å². The summed E-state index contributed by atoms with van der Waals surface area (Å²) in [5.41, 5.74) is 0.621. The normalized spacial score (nSPS) is 13.5. The summed E-state index contributed by atoms with van der Waals surface area (Å²) in [5.74, 6) is 0.510. The van der Waals surface area contributed by atoms with Gasteiger partial charge in [0.25, 0.3) is 0 Å². The van der Waals surface area contributed by atoms with E-state index in [4.69, 9.17) is 0 Å². The summed E-state index contributed by atoms with van der Waals surface area (Å²) >= 11 is 0.972. The van der Waals surface area contributed by atoms with Gasteiger partial charge in [0.15, 0.2) is 0 Å². The van der Waals surface area contributed by atoms with E-state index in [-0.39, 0.29) is 9.77 Å². The molecule has 0 aliphatic rings. The van der Waals surface area contributed by atoms with E-state index in [1.54, 1.807) is 24.6 Å². The van der Waals surface area contributed by atoms with E-state index < -0.39 is 16.1 Å². The van der Waals surface area contributed by atoms with Gasteiger partial charge in [0, 0.05) is 7.05 Å². The van der Waals surface area contributed by atoms with Gasteiger partial charge in [-0.2, -0.15) is 0 Å². The molecule has 2 N–H and O–H groups in total. The minimum Gasteiger partial charge on any atom is -0.319 e. The van der Waals surface area contributed by atoms with E-state index >= 15 is 0 Å². The molecule has 0 spiro atoms. The zero-order chi connectivity index (χ0) is 15.9. The second kappa shape index (κ2) is 5.30. The van der Waals surface area contributed by atoms with Crippen LogP contribution in [0.4, 0.5) is 0 Å². The number of aromatic nitrogens is 4. The highest BCUT2D eigenvalue weighted by Gasteiger charge is 2.21. The second-order valence-corrected chi connectivity index (χ2v) is 7.54. The van der Waals surface area contributed by atoms with Crippen LogP contribution < -0.4 is 9.60 Å². The van der Waals surface area contributed by atoms with Crippen LogP contribution in [-0.4, -0.2) is 28.2 Å². The number of hydrogen-bond donors (Lipinski definition) is 2. The van der Waals surface area contributed by atoms with Crippen LogP contribution in [0.15, 0.2) is 34.2 Å². The van der Waals surface area contributed by atoms with Crippen molar-refractivity contribution < 1.29 is 8.42 Å². The first-order valence-electron chi connectivity index (χ1n) is 6.36. The van der Waals surface area contributed by atoms with Crippen LogP contribution in [0.3, 0.4) is 0 Å². The van der Waals surface area contributed by atoms with E-state index in [0.717, 1.165) is 11.3 Å². The Balaban J connectivity index is 1.94. The maximum atomic E-state index is 12.4. The van der Waals surface area contributed by atoms with Gasteiger partial charge in [-0.25, -0.2) is 13.1 Å². The van der Waals surface area contributed by atoms with Gasteiger partial charge in [0.2, 0.25) is 10.0 Å². The molecular weight excluding hydrogens is 326 g/mol. The first kappa shape index (κ1) is 14.9. The van der Waals surface area contributed by atoms with E-state index in [0.29, 0.717) is 16.0 Å². The largest absolute Gasteiger partial charge is 0.319 e. The van der Waals surface area contributed by atoms with Crippen molar-refractivity contribution in [3.05, 3.63) is 40.0 Å². The third-order valence-corrected chi connectivity index (χ3v) is 5.55. The van der Waals surface area contributed by atoms with Gasteiger partial charge in [-0.05, 0) is 25.1 Å². The molecule has 0 unspecified atom stereocenters. The number of hydrogen-bond acceptors (Lipinski definition) is 6. The Hall–Kier alpha value is -2.04. The Morgan fingerprint density at radius 3 is 2.86 bits per heavy atom. The van der Waals surface area contributed by atoms with Gasteiger partial charge >= 0.3 is 4.87 Å². The summed E-state index contributed by atoms with van der Waals surface area (Å²) in [5, 5.41) is 7.62. The topological polar surface area (TPSA) is 110 Å². The zero-order valence-electron chi connectivity index (χ0n) is 11.8. The lowest BCUT2D eigenvalue weighted by molar-refractivity contribution is 0.553. The Kier molecular flexibility index (Phi) is 3.59. The average Bonchev–Trinajstić information content (AvgIpc) is 3.01. The summed E-state index contributed by atoms with van der Waals surface area (Å²) in [6, 6.07) is 3.98. The van der Waals surface area contributed by atoms with Crippen LogP contribution in [0.5, 0.6) is 0 Å². The Morgan fingerprint density at radius 2 is 2.18 bits per heavy atom. The molecule has 0 saturated carbocycles. The van der Waals surface area contributed by atoms with Crippen molar-refractivity contribution in [1.82, 2.24) is 24.5 Å². The maximum absolute atomic E-state index is 12.4. The molecule has 0 saturated heterocycles. The molecule has 1 atom stereocenters. The van der Waals surface area contributed by atoms with Crippen LogP contribution in [0.25, 0.3) is 10.2 Å². The number of rotatable bonds is 4. The molecule has 3 rings (SSSR count). The number of aromatic amines is 1. The number of thiazole rings is 1. The highest BCUT2D eigenvalue weighted by atomic mass is 32.2. The second-order valence-electron chi connectivity index (χ2n) is 4.82. The Morgan fingerprint density at radius 1 is 1.41 bits per heavy atom. The van der Waals surface area contributed by atoms with E-state index in [1.807, 2.05) is 0 Å². The van der Waals surface area contributed by atoms with Gasteiger partial charge in [-0.15, -0.1) is 10.2 Å². The molecular formula is C12H13N5O3S2. The standard InChI is InChI=1S/C12H13N5O3S2/c1-7(11-15-13-6-17(11)2)16-22(19,20)8-3-4-9-10(5-8)21-12(18)14-9/h3-7,16H,1-2H3,(H,14,18)/t7-/m0/s1. The van der Waals surface area contributed by atoms with Gasteiger partial charge in [-0.3, -0.25) is 4.79 Å². The first-order valence-corrected chi connectivity index (χ1v) is 8.66. The molecule has 0 amide bonds. The van der Waals surface area contributed by atoms with E-state index in [2.05, 4.69) is 19.9 Å². The highest BCUT2D eigenvalue weighted by Crippen LogP contribution is 2.21. The van der Waals surface area contributed by atoms with Crippen molar-refractivity contribution >= 4 is 31.6 Å². The predicted octanol–water partition coefficient (Wildman–Crippen LogP) is 0.758. The van der Waals surface area contributed by atoms with Crippen LogP contribution in [-0.2, 0) is 17.1 Å². The minimum absolute atomic E-state index is 0.101. The molecule has 2 aromatic heterocycles. The molecule has 0 bridgehead atoms. The summed E-state index contributed by atoms with van der Waals surface area (Å²) in [6.45, 7) is 1.69. The number of fused-ring (bicyclic) bond motifs is 1. The van der Waals surface area contributed by atoms with Gasteiger partial charge in [0.1, 0.15) is 12.2 Å². The number of H-pyrrole nitrogens is 1. The predicted molar refractivity (Wildman–Crippen MR) is 82.2 cm³/mol. The van der Waals surface area contributed by atoms with Crippen molar-refractivity contribution in [2.24, 2.45) is 7.05 Å². The van der Waals surface area contributed by atoms with Crippen molar-refractivity contribution in [3.8, 4) is 0 Å². The molecule has 0 radical (unpaired) electrons. The fourth-order valence-corrected chi connectivity index (χ4v) is 4.21. The number of benzene rings is 1. The summed E-state index contributed by atoms with van der Waals surface area (Å²) in [6.07, 6.45) is 1.50. The molecule has 0 aliphatic heterocycles. The van der Waals surface area contributed by atoms with Crippen molar-refractivity contribution in [2.45, 2.75) is 17.9 Å². The van der Waals surface area contributed by atoms with Gasteiger partial charge in [0.05, 0.1) is 21.2 Å². The molecule has 0 aliphatic carbocycles. The van der Waals surface area contributed by atoms with Crippen LogP contribution >= 0.6 is 11.3 Å². The lowest BCUT2D eigenvalue weighted by Crippen LogP contribution is -2.28. The van der Waals surface area contributed by atoms with Crippen molar-refractivity contribution in [2.75, 3.05) is 0 Å². The van der Waals surface area contributed by atoms with E-state index in [1.165, 1.54) is 18.5 Å². The molecule has 116 valence electrons. The third kappa shape index (κ3) is 2.67. The highest BCUT2D eigenvalue weighted by molar-refractivity contribution is 7.89.